The maximum atomic E-state index is 11.3. The molecule has 0 aliphatic carbocycles. The largest absolute Gasteiger partial charge is 0.463 e. The van der Waals surface area contributed by atoms with Crippen LogP contribution < -0.4 is 5.73 Å². The third-order valence-electron chi connectivity index (χ3n) is 3.03. The molecule has 1 rings (SSSR count). The van der Waals surface area contributed by atoms with Crippen molar-refractivity contribution in [2.75, 3.05) is 6.61 Å². The normalized spacial score (nSPS) is 29.3. The zero-order valence-electron chi connectivity index (χ0n) is 13.8. The van der Waals surface area contributed by atoms with E-state index in [1.807, 2.05) is 0 Å². The molecule has 0 amide bonds. The van der Waals surface area contributed by atoms with Crippen molar-refractivity contribution in [3.63, 3.8) is 0 Å². The van der Waals surface area contributed by atoms with Crippen molar-refractivity contribution in [1.29, 1.82) is 0 Å². The summed E-state index contributed by atoms with van der Waals surface area (Å²) in [4.78, 5) is 44.9. The van der Waals surface area contributed by atoms with E-state index in [0.29, 0.717) is 0 Å². The molecule has 1 aliphatic rings. The number of esters is 4. The summed E-state index contributed by atoms with van der Waals surface area (Å²) in [7, 11) is 0. The summed E-state index contributed by atoms with van der Waals surface area (Å²) in [5, 5.41) is 0. The predicted octanol–water partition coefficient (Wildman–Crippen LogP) is -0.972. The van der Waals surface area contributed by atoms with Crippen LogP contribution in [0.2, 0.25) is 0 Å². The van der Waals surface area contributed by atoms with Gasteiger partial charge in [-0.25, -0.2) is 0 Å². The first-order chi connectivity index (χ1) is 11.1. The Bertz CT molecular complexity index is 490. The van der Waals surface area contributed by atoms with Gasteiger partial charge in [0.15, 0.2) is 12.2 Å². The molecule has 0 spiro atoms. The standard InChI is InChI=1S/C14H21NO9/c1-6(16)20-5-10-12(21-7(2)17)13(22-8(3)18)11(15)14(24-10)23-9(4)19/h10-14H,5,15H2,1-4H3/t10-,11-,12-,13+,14+/m1/s1. The van der Waals surface area contributed by atoms with Crippen molar-refractivity contribution in [3.05, 3.63) is 0 Å². The molecule has 136 valence electrons. The molecule has 0 saturated carbocycles. The Morgan fingerprint density at radius 2 is 1.33 bits per heavy atom. The zero-order chi connectivity index (χ0) is 18.4. The molecule has 24 heavy (non-hydrogen) atoms. The molecule has 1 aliphatic heterocycles. The second kappa shape index (κ2) is 8.60. The van der Waals surface area contributed by atoms with E-state index in [1.54, 1.807) is 0 Å². The molecule has 0 aromatic rings. The lowest BCUT2D eigenvalue weighted by molar-refractivity contribution is -0.267. The van der Waals surface area contributed by atoms with Gasteiger partial charge in [-0.2, -0.15) is 0 Å². The van der Waals surface area contributed by atoms with E-state index in [1.165, 1.54) is 6.92 Å². The molecule has 1 heterocycles. The summed E-state index contributed by atoms with van der Waals surface area (Å²) in [6, 6.07) is -1.10. The first-order valence-corrected chi connectivity index (χ1v) is 7.18. The number of nitrogens with two attached hydrogens (primary N) is 1. The van der Waals surface area contributed by atoms with Gasteiger partial charge in [0, 0.05) is 27.7 Å². The molecule has 0 bridgehead atoms. The Balaban J connectivity index is 3.08. The number of ether oxygens (including phenoxy) is 5. The van der Waals surface area contributed by atoms with E-state index >= 15 is 0 Å². The summed E-state index contributed by atoms with van der Waals surface area (Å²) in [6.45, 7) is 4.32. The molecule has 10 heteroatoms. The van der Waals surface area contributed by atoms with Crippen LogP contribution in [0.4, 0.5) is 0 Å². The van der Waals surface area contributed by atoms with Crippen LogP contribution >= 0.6 is 0 Å². The van der Waals surface area contributed by atoms with E-state index < -0.39 is 54.5 Å². The highest BCUT2D eigenvalue weighted by atomic mass is 16.7. The van der Waals surface area contributed by atoms with Gasteiger partial charge in [0.1, 0.15) is 18.8 Å². The summed E-state index contributed by atoms with van der Waals surface area (Å²) < 4.78 is 25.5. The molecule has 0 aromatic carbocycles. The molecular formula is C14H21NO9. The number of hydrogen-bond donors (Lipinski definition) is 1. The second-order valence-corrected chi connectivity index (χ2v) is 5.18. The van der Waals surface area contributed by atoms with Gasteiger partial charge in [-0.15, -0.1) is 0 Å². The lowest BCUT2D eigenvalue weighted by Crippen LogP contribution is -2.65. The van der Waals surface area contributed by atoms with E-state index in [9.17, 15) is 19.2 Å². The molecule has 1 saturated heterocycles. The second-order valence-electron chi connectivity index (χ2n) is 5.18. The van der Waals surface area contributed by atoms with Gasteiger partial charge in [-0.3, -0.25) is 19.2 Å². The van der Waals surface area contributed by atoms with Gasteiger partial charge in [-0.1, -0.05) is 0 Å². The first kappa shape index (κ1) is 19.8. The van der Waals surface area contributed by atoms with Gasteiger partial charge in [0.2, 0.25) is 6.29 Å². The molecule has 0 unspecified atom stereocenters. The van der Waals surface area contributed by atoms with E-state index in [4.69, 9.17) is 29.4 Å². The lowest BCUT2D eigenvalue weighted by atomic mass is 9.97. The average molecular weight is 347 g/mol. The maximum absolute atomic E-state index is 11.3. The van der Waals surface area contributed by atoms with Crippen LogP contribution in [0.5, 0.6) is 0 Å². The predicted molar refractivity (Wildman–Crippen MR) is 76.1 cm³/mol. The van der Waals surface area contributed by atoms with Crippen LogP contribution in [0.3, 0.4) is 0 Å². The Labute approximate surface area is 138 Å². The average Bonchev–Trinajstić information content (AvgIpc) is 2.42. The summed E-state index contributed by atoms with van der Waals surface area (Å²) in [5.74, 6) is -2.62. The van der Waals surface area contributed by atoms with E-state index in [2.05, 4.69) is 0 Å². The molecule has 0 radical (unpaired) electrons. The highest BCUT2D eigenvalue weighted by Crippen LogP contribution is 2.26. The minimum absolute atomic E-state index is 0.310. The van der Waals surface area contributed by atoms with Crippen molar-refractivity contribution >= 4 is 23.9 Å². The molecule has 1 fully saturated rings. The topological polar surface area (TPSA) is 140 Å². The van der Waals surface area contributed by atoms with Gasteiger partial charge < -0.3 is 29.4 Å². The van der Waals surface area contributed by atoms with Crippen molar-refractivity contribution in [2.24, 2.45) is 5.73 Å². The van der Waals surface area contributed by atoms with Crippen molar-refractivity contribution in [3.8, 4) is 0 Å². The summed E-state index contributed by atoms with van der Waals surface area (Å²) in [5.41, 5.74) is 5.93. The Morgan fingerprint density at radius 1 is 0.833 bits per heavy atom. The fraction of sp³-hybridized carbons (Fsp3) is 0.714. The van der Waals surface area contributed by atoms with Crippen molar-refractivity contribution in [2.45, 2.75) is 58.3 Å². The maximum Gasteiger partial charge on any atom is 0.304 e. The molecule has 2 N–H and O–H groups in total. The SMILES string of the molecule is CC(=O)OC[C@H]1O[C@H](OC(C)=O)[C@H](N)[C@H](OC(C)=O)[C@@H]1OC(C)=O. The monoisotopic (exact) mass is 347 g/mol. The van der Waals surface area contributed by atoms with Gasteiger partial charge >= 0.3 is 23.9 Å². The summed E-state index contributed by atoms with van der Waals surface area (Å²) in [6.07, 6.45) is -4.58. The van der Waals surface area contributed by atoms with Gasteiger partial charge in [0.25, 0.3) is 0 Å². The number of carbonyl (C=O) groups is 4. The highest BCUT2D eigenvalue weighted by Gasteiger charge is 2.50. The lowest BCUT2D eigenvalue weighted by Gasteiger charge is -2.42. The number of hydrogen-bond acceptors (Lipinski definition) is 10. The third kappa shape index (κ3) is 5.78. The Kier molecular flexibility index (Phi) is 7.11. The van der Waals surface area contributed by atoms with Crippen LogP contribution in [0.1, 0.15) is 27.7 Å². The minimum atomic E-state index is -1.26. The van der Waals surface area contributed by atoms with Crippen molar-refractivity contribution < 1.29 is 42.9 Å². The van der Waals surface area contributed by atoms with Crippen LogP contribution in [0.15, 0.2) is 0 Å². The minimum Gasteiger partial charge on any atom is -0.463 e. The van der Waals surface area contributed by atoms with Crippen LogP contribution in [-0.4, -0.2) is 61.1 Å². The molecular weight excluding hydrogens is 326 g/mol. The fourth-order valence-corrected chi connectivity index (χ4v) is 2.20. The smallest absolute Gasteiger partial charge is 0.304 e. The van der Waals surface area contributed by atoms with Gasteiger partial charge in [-0.05, 0) is 0 Å². The van der Waals surface area contributed by atoms with Crippen LogP contribution in [-0.2, 0) is 42.9 Å². The zero-order valence-corrected chi connectivity index (χ0v) is 13.8. The highest BCUT2D eigenvalue weighted by molar-refractivity contribution is 5.68. The fourth-order valence-electron chi connectivity index (χ4n) is 2.20. The first-order valence-electron chi connectivity index (χ1n) is 7.18. The van der Waals surface area contributed by atoms with E-state index in [0.717, 1.165) is 20.8 Å². The van der Waals surface area contributed by atoms with Crippen LogP contribution in [0.25, 0.3) is 0 Å². The molecule has 0 aromatic heterocycles. The molecule has 5 atom stereocenters. The van der Waals surface area contributed by atoms with Crippen molar-refractivity contribution in [1.82, 2.24) is 0 Å². The van der Waals surface area contributed by atoms with Crippen LogP contribution in [0, 0.1) is 0 Å². The number of carbonyl (C=O) groups excluding carboxylic acids is 4. The Morgan fingerprint density at radius 3 is 1.79 bits per heavy atom. The Hall–Kier alpha value is -2.20. The molecule has 10 nitrogen and oxygen atoms in total. The van der Waals surface area contributed by atoms with E-state index in [-0.39, 0.29) is 6.61 Å². The number of rotatable bonds is 5. The van der Waals surface area contributed by atoms with Gasteiger partial charge in [0.05, 0.1) is 0 Å². The third-order valence-corrected chi connectivity index (χ3v) is 3.03. The quantitative estimate of drug-likeness (QED) is 0.487. The summed E-state index contributed by atoms with van der Waals surface area (Å²) >= 11 is 0.